The summed E-state index contributed by atoms with van der Waals surface area (Å²) >= 11 is 0. The largest absolute Gasteiger partial charge is 0.351 e. The number of hydrogen-bond donors (Lipinski definition) is 3. The molecule has 86 valence electrons. The molecule has 0 fully saturated rings. The van der Waals surface area contributed by atoms with E-state index in [9.17, 15) is 9.59 Å². The van der Waals surface area contributed by atoms with Gasteiger partial charge in [-0.05, 0) is 17.7 Å². The summed E-state index contributed by atoms with van der Waals surface area (Å²) < 4.78 is 0. The Morgan fingerprint density at radius 2 is 1.88 bits per heavy atom. The van der Waals surface area contributed by atoms with E-state index in [2.05, 4.69) is 10.6 Å². The van der Waals surface area contributed by atoms with Crippen LogP contribution >= 0.6 is 0 Å². The monoisotopic (exact) mass is 221 g/mol. The fraction of sp³-hybridized carbons (Fsp3) is 0.273. The Morgan fingerprint density at radius 3 is 2.38 bits per heavy atom. The van der Waals surface area contributed by atoms with E-state index in [0.717, 1.165) is 11.3 Å². The second kappa shape index (κ2) is 5.87. The van der Waals surface area contributed by atoms with Crippen molar-refractivity contribution in [2.45, 2.75) is 13.5 Å². The fourth-order valence-corrected chi connectivity index (χ4v) is 1.18. The Balaban J connectivity index is 2.51. The standard InChI is InChI=1S/C11H15N3O2/c1-8(15)14-10-4-2-9(3-5-10)7-13-11(16)6-12/h2-5H,6-7,12H2,1H3,(H,13,16)(H,14,15). The van der Waals surface area contributed by atoms with E-state index in [-0.39, 0.29) is 18.4 Å². The molecule has 0 saturated heterocycles. The van der Waals surface area contributed by atoms with Gasteiger partial charge in [-0.15, -0.1) is 0 Å². The Kier molecular flexibility index (Phi) is 4.47. The predicted octanol–water partition coefficient (Wildman–Crippen LogP) is 0.220. The predicted molar refractivity (Wildman–Crippen MR) is 61.6 cm³/mol. The van der Waals surface area contributed by atoms with Crippen LogP contribution in [-0.2, 0) is 16.1 Å². The van der Waals surface area contributed by atoms with Crippen LogP contribution in [0, 0.1) is 0 Å². The summed E-state index contributed by atoms with van der Waals surface area (Å²) in [5.41, 5.74) is 6.85. The van der Waals surface area contributed by atoms with Crippen LogP contribution in [0.15, 0.2) is 24.3 Å². The van der Waals surface area contributed by atoms with Crippen molar-refractivity contribution in [2.24, 2.45) is 5.73 Å². The molecule has 0 unspecified atom stereocenters. The highest BCUT2D eigenvalue weighted by Crippen LogP contribution is 2.09. The maximum absolute atomic E-state index is 10.9. The third-order valence-electron chi connectivity index (χ3n) is 1.95. The Bertz CT molecular complexity index is 373. The maximum atomic E-state index is 10.9. The van der Waals surface area contributed by atoms with Gasteiger partial charge < -0.3 is 16.4 Å². The number of benzene rings is 1. The van der Waals surface area contributed by atoms with E-state index in [1.807, 2.05) is 12.1 Å². The SMILES string of the molecule is CC(=O)Nc1ccc(CNC(=O)CN)cc1. The molecular formula is C11H15N3O2. The van der Waals surface area contributed by atoms with Gasteiger partial charge in [-0.2, -0.15) is 0 Å². The van der Waals surface area contributed by atoms with Crippen LogP contribution in [0.1, 0.15) is 12.5 Å². The van der Waals surface area contributed by atoms with Gasteiger partial charge in [0.2, 0.25) is 11.8 Å². The first-order chi connectivity index (χ1) is 7.61. The van der Waals surface area contributed by atoms with Gasteiger partial charge in [0.25, 0.3) is 0 Å². The molecule has 0 atom stereocenters. The molecule has 0 aliphatic rings. The molecule has 5 nitrogen and oxygen atoms in total. The van der Waals surface area contributed by atoms with Crippen molar-refractivity contribution < 1.29 is 9.59 Å². The van der Waals surface area contributed by atoms with Crippen LogP contribution in [0.4, 0.5) is 5.69 Å². The van der Waals surface area contributed by atoms with Gasteiger partial charge in [0, 0.05) is 19.2 Å². The second-order valence-electron chi connectivity index (χ2n) is 3.36. The molecule has 16 heavy (non-hydrogen) atoms. The Labute approximate surface area is 94.0 Å². The van der Waals surface area contributed by atoms with Crippen LogP contribution in [0.25, 0.3) is 0 Å². The zero-order chi connectivity index (χ0) is 12.0. The van der Waals surface area contributed by atoms with Gasteiger partial charge >= 0.3 is 0 Å². The number of hydrogen-bond acceptors (Lipinski definition) is 3. The number of amides is 2. The summed E-state index contributed by atoms with van der Waals surface area (Å²) in [5, 5.41) is 5.32. The zero-order valence-corrected chi connectivity index (χ0v) is 9.12. The molecule has 1 aromatic carbocycles. The van der Waals surface area contributed by atoms with E-state index in [4.69, 9.17) is 5.73 Å². The highest BCUT2D eigenvalue weighted by atomic mass is 16.2. The van der Waals surface area contributed by atoms with E-state index < -0.39 is 0 Å². The first-order valence-electron chi connectivity index (χ1n) is 4.95. The summed E-state index contributed by atoms with van der Waals surface area (Å²) in [7, 11) is 0. The summed E-state index contributed by atoms with van der Waals surface area (Å²) in [4.78, 5) is 21.7. The normalized spacial score (nSPS) is 9.62. The number of anilines is 1. The van der Waals surface area contributed by atoms with E-state index >= 15 is 0 Å². The van der Waals surface area contributed by atoms with E-state index in [1.54, 1.807) is 12.1 Å². The van der Waals surface area contributed by atoms with Crippen molar-refractivity contribution in [3.63, 3.8) is 0 Å². The summed E-state index contributed by atoms with van der Waals surface area (Å²) in [6.45, 7) is 1.88. The number of nitrogens with two attached hydrogens (primary N) is 1. The number of rotatable bonds is 4. The van der Waals surface area contributed by atoms with Gasteiger partial charge in [-0.3, -0.25) is 9.59 Å². The molecule has 0 aromatic heterocycles. The minimum absolute atomic E-state index is 0.00994. The highest BCUT2D eigenvalue weighted by Gasteiger charge is 1.99. The lowest BCUT2D eigenvalue weighted by molar-refractivity contribution is -0.120. The molecule has 0 heterocycles. The topological polar surface area (TPSA) is 84.2 Å². The molecule has 0 spiro atoms. The molecule has 0 aliphatic heterocycles. The molecule has 0 saturated carbocycles. The first kappa shape index (κ1) is 12.2. The molecule has 4 N–H and O–H groups in total. The Hall–Kier alpha value is -1.88. The molecule has 2 amide bonds. The third kappa shape index (κ3) is 4.10. The van der Waals surface area contributed by atoms with Crippen LogP contribution < -0.4 is 16.4 Å². The Morgan fingerprint density at radius 1 is 1.25 bits per heavy atom. The van der Waals surface area contributed by atoms with Crippen LogP contribution in [0.3, 0.4) is 0 Å². The minimum atomic E-state index is -0.189. The van der Waals surface area contributed by atoms with Crippen molar-refractivity contribution in [3.05, 3.63) is 29.8 Å². The minimum Gasteiger partial charge on any atom is -0.351 e. The van der Waals surface area contributed by atoms with Gasteiger partial charge in [0.1, 0.15) is 0 Å². The second-order valence-corrected chi connectivity index (χ2v) is 3.36. The average Bonchev–Trinajstić information content (AvgIpc) is 2.27. The third-order valence-corrected chi connectivity index (χ3v) is 1.95. The fourth-order valence-electron chi connectivity index (χ4n) is 1.18. The number of nitrogens with one attached hydrogen (secondary N) is 2. The van der Waals surface area contributed by atoms with Crippen LogP contribution in [0.5, 0.6) is 0 Å². The maximum Gasteiger partial charge on any atom is 0.234 e. The summed E-state index contributed by atoms with van der Waals surface area (Å²) in [6.07, 6.45) is 0. The van der Waals surface area contributed by atoms with Crippen molar-refractivity contribution >= 4 is 17.5 Å². The van der Waals surface area contributed by atoms with Gasteiger partial charge in [0.05, 0.1) is 6.54 Å². The van der Waals surface area contributed by atoms with Crippen molar-refractivity contribution in [2.75, 3.05) is 11.9 Å². The quantitative estimate of drug-likeness (QED) is 0.680. The molecule has 0 aliphatic carbocycles. The smallest absolute Gasteiger partial charge is 0.234 e. The van der Waals surface area contributed by atoms with Crippen molar-refractivity contribution in [1.82, 2.24) is 5.32 Å². The summed E-state index contributed by atoms with van der Waals surface area (Å²) in [5.74, 6) is -0.296. The average molecular weight is 221 g/mol. The van der Waals surface area contributed by atoms with Gasteiger partial charge in [0.15, 0.2) is 0 Å². The molecular weight excluding hydrogens is 206 g/mol. The van der Waals surface area contributed by atoms with E-state index in [0.29, 0.717) is 6.54 Å². The molecule has 0 radical (unpaired) electrons. The number of carbonyl (C=O) groups is 2. The van der Waals surface area contributed by atoms with Gasteiger partial charge in [-0.1, -0.05) is 12.1 Å². The molecule has 1 rings (SSSR count). The lowest BCUT2D eigenvalue weighted by Crippen LogP contribution is -2.29. The van der Waals surface area contributed by atoms with Crippen molar-refractivity contribution in [1.29, 1.82) is 0 Å². The summed E-state index contributed by atoms with van der Waals surface area (Å²) in [6, 6.07) is 7.24. The lowest BCUT2D eigenvalue weighted by Gasteiger charge is -2.05. The van der Waals surface area contributed by atoms with Crippen molar-refractivity contribution in [3.8, 4) is 0 Å². The van der Waals surface area contributed by atoms with Gasteiger partial charge in [-0.25, -0.2) is 0 Å². The first-order valence-corrected chi connectivity index (χ1v) is 4.95. The zero-order valence-electron chi connectivity index (χ0n) is 9.12. The van der Waals surface area contributed by atoms with Crippen LogP contribution in [0.2, 0.25) is 0 Å². The molecule has 5 heteroatoms. The molecule has 0 bridgehead atoms. The molecule has 1 aromatic rings. The highest BCUT2D eigenvalue weighted by molar-refractivity contribution is 5.88. The number of carbonyl (C=O) groups excluding carboxylic acids is 2. The van der Waals surface area contributed by atoms with E-state index in [1.165, 1.54) is 6.92 Å². The lowest BCUT2D eigenvalue weighted by atomic mass is 10.2. The van der Waals surface area contributed by atoms with Crippen LogP contribution in [-0.4, -0.2) is 18.4 Å².